The first-order valence-corrected chi connectivity index (χ1v) is 7.46. The molecule has 0 amide bonds. The third-order valence-electron chi connectivity index (χ3n) is 3.28. The van der Waals surface area contributed by atoms with Gasteiger partial charge in [0.15, 0.2) is 0 Å². The molecule has 0 heterocycles. The fourth-order valence-electron chi connectivity index (χ4n) is 2.16. The van der Waals surface area contributed by atoms with Gasteiger partial charge in [0.1, 0.15) is 5.75 Å². The minimum atomic E-state index is 0.800. The number of unbranched alkanes of at least 4 members (excludes halogenated alkanes) is 3. The van der Waals surface area contributed by atoms with Gasteiger partial charge in [-0.05, 0) is 48.9 Å². The van der Waals surface area contributed by atoms with Crippen LogP contribution < -0.4 is 4.74 Å². The van der Waals surface area contributed by atoms with E-state index < -0.39 is 0 Å². The normalized spacial score (nSPS) is 10.4. The van der Waals surface area contributed by atoms with E-state index in [2.05, 4.69) is 67.9 Å². The Hall–Kier alpha value is -1.76. The van der Waals surface area contributed by atoms with Crippen LogP contribution in [-0.4, -0.2) is 6.61 Å². The summed E-state index contributed by atoms with van der Waals surface area (Å²) in [7, 11) is 0. The molecule has 0 aromatic heterocycles. The third kappa shape index (κ3) is 5.08. The number of hydrogen-bond acceptors (Lipinski definition) is 1. The van der Waals surface area contributed by atoms with Crippen LogP contribution in [0.2, 0.25) is 0 Å². The molecule has 2 aromatic carbocycles. The smallest absolute Gasteiger partial charge is 0.119 e. The molecule has 1 heteroatoms. The van der Waals surface area contributed by atoms with Crippen molar-refractivity contribution in [1.82, 2.24) is 0 Å². The summed E-state index contributed by atoms with van der Waals surface area (Å²) in [6, 6.07) is 19.0. The van der Waals surface area contributed by atoms with E-state index in [1.54, 1.807) is 0 Å². The van der Waals surface area contributed by atoms with Gasteiger partial charge in [-0.15, -0.1) is 0 Å². The molecule has 2 rings (SSSR count). The van der Waals surface area contributed by atoms with Crippen molar-refractivity contribution in [3.8, 4) is 5.75 Å². The van der Waals surface area contributed by atoms with Crippen LogP contribution >= 0.6 is 0 Å². The minimum absolute atomic E-state index is 0.800. The van der Waals surface area contributed by atoms with Gasteiger partial charge in [-0.25, -0.2) is 0 Å². The van der Waals surface area contributed by atoms with E-state index in [1.807, 2.05) is 0 Å². The summed E-state index contributed by atoms with van der Waals surface area (Å²) in [5.41, 5.74) is 2.67. The van der Waals surface area contributed by atoms with Gasteiger partial charge in [-0.1, -0.05) is 55.8 Å². The second-order valence-corrected chi connectivity index (χ2v) is 4.99. The quantitative estimate of drug-likeness (QED) is 0.608. The monoisotopic (exact) mass is 267 g/mol. The number of hydrogen-bond donors (Lipinski definition) is 0. The van der Waals surface area contributed by atoms with Gasteiger partial charge in [-0.2, -0.15) is 0 Å². The zero-order chi connectivity index (χ0) is 14.0. The highest BCUT2D eigenvalue weighted by molar-refractivity contribution is 5.31. The van der Waals surface area contributed by atoms with Crippen molar-refractivity contribution in [2.45, 2.75) is 32.6 Å². The Morgan fingerprint density at radius 1 is 0.900 bits per heavy atom. The van der Waals surface area contributed by atoms with Crippen molar-refractivity contribution in [3.05, 3.63) is 72.1 Å². The van der Waals surface area contributed by atoms with Gasteiger partial charge < -0.3 is 4.74 Å². The highest BCUT2D eigenvalue weighted by atomic mass is 16.5. The average molecular weight is 267 g/mol. The zero-order valence-electron chi connectivity index (χ0n) is 12.2. The molecule has 0 N–H and O–H groups in total. The molecule has 105 valence electrons. The van der Waals surface area contributed by atoms with Crippen LogP contribution in [0.1, 0.15) is 37.3 Å². The molecule has 0 unspecified atom stereocenters. The molecule has 0 aliphatic rings. The molecule has 20 heavy (non-hydrogen) atoms. The van der Waals surface area contributed by atoms with Crippen LogP contribution in [0.25, 0.3) is 0 Å². The first kappa shape index (κ1) is 14.6. The number of ether oxygens (including phenoxy) is 1. The van der Waals surface area contributed by atoms with E-state index in [9.17, 15) is 0 Å². The lowest BCUT2D eigenvalue weighted by Gasteiger charge is -2.07. The van der Waals surface area contributed by atoms with Gasteiger partial charge >= 0.3 is 0 Å². The predicted octanol–water partition coefficient (Wildman–Crippen LogP) is 5.05. The van der Waals surface area contributed by atoms with Crippen molar-refractivity contribution in [2.75, 3.05) is 6.61 Å². The lowest BCUT2D eigenvalue weighted by Crippen LogP contribution is -1.97. The highest BCUT2D eigenvalue weighted by Gasteiger charge is 1.98. The highest BCUT2D eigenvalue weighted by Crippen LogP contribution is 2.15. The molecular weight excluding hydrogens is 244 g/mol. The molecule has 0 atom stereocenters. The molecule has 0 aliphatic heterocycles. The van der Waals surface area contributed by atoms with Crippen LogP contribution in [0, 0.1) is 6.42 Å². The van der Waals surface area contributed by atoms with E-state index in [-0.39, 0.29) is 0 Å². The summed E-state index contributed by atoms with van der Waals surface area (Å²) >= 11 is 0. The standard InChI is InChI=1S/C19H23O/c1-2-3-4-8-15-20-19-13-11-18(12-14-19)16-17-9-6-5-7-10-17/h3,5-7,9-14H,2,4,8,15-16H2,1H3. The number of rotatable bonds is 8. The maximum Gasteiger partial charge on any atom is 0.119 e. The Balaban J connectivity index is 1.78. The third-order valence-corrected chi connectivity index (χ3v) is 3.28. The summed E-state index contributed by atoms with van der Waals surface area (Å²) in [6.07, 6.45) is 6.66. The Morgan fingerprint density at radius 3 is 2.30 bits per heavy atom. The van der Waals surface area contributed by atoms with Crippen molar-refractivity contribution >= 4 is 0 Å². The van der Waals surface area contributed by atoms with Crippen molar-refractivity contribution in [2.24, 2.45) is 0 Å². The molecule has 0 bridgehead atoms. The molecule has 0 spiro atoms. The maximum absolute atomic E-state index is 5.74. The summed E-state index contributed by atoms with van der Waals surface area (Å²) in [6.45, 7) is 2.97. The largest absolute Gasteiger partial charge is 0.494 e. The fourth-order valence-corrected chi connectivity index (χ4v) is 2.16. The molecule has 1 radical (unpaired) electrons. The van der Waals surface area contributed by atoms with Crippen LogP contribution in [-0.2, 0) is 6.42 Å². The first-order chi connectivity index (χ1) is 9.88. The average Bonchev–Trinajstić information content (AvgIpc) is 2.50. The first-order valence-electron chi connectivity index (χ1n) is 7.46. The topological polar surface area (TPSA) is 9.23 Å². The van der Waals surface area contributed by atoms with Gasteiger partial charge in [-0.3, -0.25) is 0 Å². The molecule has 2 aromatic rings. The van der Waals surface area contributed by atoms with Gasteiger partial charge in [0.25, 0.3) is 0 Å². The summed E-state index contributed by atoms with van der Waals surface area (Å²) in [5, 5.41) is 0. The van der Waals surface area contributed by atoms with Crippen molar-refractivity contribution in [1.29, 1.82) is 0 Å². The van der Waals surface area contributed by atoms with E-state index >= 15 is 0 Å². The Bertz CT molecular complexity index is 473. The molecule has 0 saturated heterocycles. The van der Waals surface area contributed by atoms with E-state index in [0.717, 1.165) is 38.0 Å². The van der Waals surface area contributed by atoms with Gasteiger partial charge in [0.2, 0.25) is 0 Å². The summed E-state index contributed by atoms with van der Waals surface area (Å²) < 4.78 is 5.74. The predicted molar refractivity (Wildman–Crippen MR) is 85.0 cm³/mol. The van der Waals surface area contributed by atoms with Crippen LogP contribution in [0.3, 0.4) is 0 Å². The fraction of sp³-hybridized carbons (Fsp3) is 0.316. The summed E-state index contributed by atoms with van der Waals surface area (Å²) in [4.78, 5) is 0. The lowest BCUT2D eigenvalue weighted by atomic mass is 10.1. The Morgan fingerprint density at radius 2 is 1.60 bits per heavy atom. The number of benzene rings is 2. The molecule has 1 nitrogen and oxygen atoms in total. The Kier molecular flexibility index (Phi) is 6.16. The van der Waals surface area contributed by atoms with E-state index in [1.165, 1.54) is 11.1 Å². The lowest BCUT2D eigenvalue weighted by molar-refractivity contribution is 0.310. The van der Waals surface area contributed by atoms with E-state index in [0.29, 0.717) is 0 Å². The Labute approximate surface area is 122 Å². The molecule has 0 aliphatic carbocycles. The van der Waals surface area contributed by atoms with Crippen molar-refractivity contribution in [3.63, 3.8) is 0 Å². The second kappa shape index (κ2) is 8.42. The SMILES string of the molecule is CC[CH]CCCOc1ccc(Cc2ccccc2)cc1. The van der Waals surface area contributed by atoms with Crippen LogP contribution in [0.5, 0.6) is 5.75 Å². The minimum Gasteiger partial charge on any atom is -0.494 e. The van der Waals surface area contributed by atoms with Crippen LogP contribution in [0.15, 0.2) is 54.6 Å². The van der Waals surface area contributed by atoms with Crippen molar-refractivity contribution < 1.29 is 4.74 Å². The van der Waals surface area contributed by atoms with E-state index in [4.69, 9.17) is 4.74 Å². The second-order valence-electron chi connectivity index (χ2n) is 4.99. The summed E-state index contributed by atoms with van der Waals surface area (Å²) in [5.74, 6) is 0.971. The zero-order valence-corrected chi connectivity index (χ0v) is 12.2. The molecule has 0 fully saturated rings. The van der Waals surface area contributed by atoms with Crippen LogP contribution in [0.4, 0.5) is 0 Å². The van der Waals surface area contributed by atoms with Gasteiger partial charge in [0.05, 0.1) is 6.61 Å². The van der Waals surface area contributed by atoms with Gasteiger partial charge in [0, 0.05) is 0 Å². The molecule has 0 saturated carbocycles. The molecular formula is C19H23O. The maximum atomic E-state index is 5.74.